The zero-order valence-electron chi connectivity index (χ0n) is 17.3. The Bertz CT molecular complexity index is 1110. The number of amides is 2. The molecule has 0 saturated carbocycles. The lowest BCUT2D eigenvalue weighted by molar-refractivity contribution is -0.125. The summed E-state index contributed by atoms with van der Waals surface area (Å²) < 4.78 is 34.0. The first-order chi connectivity index (χ1) is 14.0. The fourth-order valence-electron chi connectivity index (χ4n) is 2.92. The van der Waals surface area contributed by atoms with Crippen LogP contribution in [-0.2, 0) is 19.6 Å². The molecule has 2 aromatic carbocycles. The second-order valence-electron chi connectivity index (χ2n) is 7.83. The van der Waals surface area contributed by atoms with E-state index >= 15 is 0 Å². The van der Waals surface area contributed by atoms with Gasteiger partial charge < -0.3 is 15.4 Å². The molecule has 3 N–H and O–H groups in total. The maximum absolute atomic E-state index is 12.9. The highest BCUT2D eigenvalue weighted by Gasteiger charge is 2.32. The lowest BCUT2D eigenvalue weighted by atomic mass is 9.94. The smallest absolute Gasteiger partial charge is 0.262 e. The van der Waals surface area contributed by atoms with E-state index in [0.29, 0.717) is 34.8 Å². The minimum atomic E-state index is -3.88. The van der Waals surface area contributed by atoms with E-state index in [1.165, 1.54) is 12.1 Å². The van der Waals surface area contributed by atoms with E-state index in [9.17, 15) is 18.0 Å². The van der Waals surface area contributed by atoms with Crippen LogP contribution in [0.25, 0.3) is 0 Å². The summed E-state index contributed by atoms with van der Waals surface area (Å²) in [4.78, 5) is 24.0. The Balaban J connectivity index is 1.84. The highest BCUT2D eigenvalue weighted by Crippen LogP contribution is 2.35. The van der Waals surface area contributed by atoms with Crippen molar-refractivity contribution < 1.29 is 22.7 Å². The molecule has 0 aromatic heterocycles. The van der Waals surface area contributed by atoms with Gasteiger partial charge in [0.15, 0.2) is 0 Å². The van der Waals surface area contributed by atoms with Crippen molar-refractivity contribution in [3.8, 4) is 5.75 Å². The van der Waals surface area contributed by atoms with E-state index in [-0.39, 0.29) is 23.3 Å². The third-order valence-corrected chi connectivity index (χ3v) is 6.29. The average molecular weight is 432 g/mol. The fourth-order valence-corrected chi connectivity index (χ4v) is 4.20. The van der Waals surface area contributed by atoms with Crippen LogP contribution in [0.1, 0.15) is 32.8 Å². The van der Waals surface area contributed by atoms with Crippen LogP contribution < -0.4 is 20.1 Å². The van der Waals surface area contributed by atoms with Crippen LogP contribution in [0.15, 0.2) is 41.3 Å². The Labute approximate surface area is 176 Å². The van der Waals surface area contributed by atoms with Crippen molar-refractivity contribution in [2.45, 2.75) is 39.0 Å². The van der Waals surface area contributed by atoms with Gasteiger partial charge in [0.05, 0.1) is 21.7 Å². The molecular weight excluding hydrogens is 406 g/mol. The molecule has 0 unspecified atom stereocenters. The molecule has 0 bridgehead atoms. The number of carbonyl (C=O) groups is 2. The summed E-state index contributed by atoms with van der Waals surface area (Å²) in [5.41, 5.74) is 1.01. The Morgan fingerprint density at radius 3 is 2.53 bits per heavy atom. The van der Waals surface area contributed by atoms with Gasteiger partial charge in [-0.25, -0.2) is 8.42 Å². The summed E-state index contributed by atoms with van der Waals surface area (Å²) in [5, 5.41) is 5.49. The van der Waals surface area contributed by atoms with Gasteiger partial charge in [-0.1, -0.05) is 6.92 Å². The molecule has 0 saturated heterocycles. The highest BCUT2D eigenvalue weighted by molar-refractivity contribution is 7.92. The van der Waals surface area contributed by atoms with Crippen molar-refractivity contribution in [2.24, 2.45) is 5.41 Å². The van der Waals surface area contributed by atoms with Crippen molar-refractivity contribution in [3.05, 3.63) is 42.0 Å². The largest absolute Gasteiger partial charge is 0.490 e. The molecule has 9 heteroatoms. The van der Waals surface area contributed by atoms with Gasteiger partial charge in [-0.15, -0.1) is 0 Å². The molecule has 160 valence electrons. The first-order valence-corrected chi connectivity index (χ1v) is 11.0. The third kappa shape index (κ3) is 4.56. The van der Waals surface area contributed by atoms with Gasteiger partial charge in [0.25, 0.3) is 10.0 Å². The van der Waals surface area contributed by atoms with Crippen LogP contribution in [0.2, 0.25) is 0 Å². The Kier molecular flexibility index (Phi) is 5.76. The zero-order valence-corrected chi connectivity index (χ0v) is 18.1. The maximum atomic E-state index is 12.9. The number of rotatable bonds is 5. The SMILES string of the molecule is CCC(=O)Nc1ccc(S(=O)(=O)Nc2ccc3c(c2)NC(=O)C(C)(C)CO3)c(C)c1. The molecule has 0 fully saturated rings. The summed E-state index contributed by atoms with van der Waals surface area (Å²) in [6.07, 6.45) is 0.330. The van der Waals surface area contributed by atoms with E-state index < -0.39 is 15.4 Å². The number of anilines is 3. The molecule has 2 amide bonds. The molecule has 2 aromatic rings. The molecular formula is C21H25N3O5S. The lowest BCUT2D eigenvalue weighted by Gasteiger charge is -2.18. The minimum absolute atomic E-state index is 0.0911. The molecule has 1 heterocycles. The summed E-state index contributed by atoms with van der Waals surface area (Å²) >= 11 is 0. The zero-order chi connectivity index (χ0) is 22.1. The molecule has 0 radical (unpaired) electrons. The molecule has 1 aliphatic heterocycles. The molecule has 0 spiro atoms. The molecule has 0 aliphatic carbocycles. The van der Waals surface area contributed by atoms with Crippen LogP contribution in [0.4, 0.5) is 17.1 Å². The standard InChI is InChI=1S/C21H25N3O5S/c1-5-19(25)22-14-7-9-18(13(2)10-14)30(27,28)24-15-6-8-17-16(11-15)23-20(26)21(3,4)12-29-17/h6-11,24H,5,12H2,1-4H3,(H,22,25)(H,23,26). The number of nitrogens with one attached hydrogen (secondary N) is 3. The third-order valence-electron chi connectivity index (χ3n) is 4.75. The van der Waals surface area contributed by atoms with Gasteiger partial charge in [0.1, 0.15) is 12.4 Å². The van der Waals surface area contributed by atoms with Crippen molar-refractivity contribution in [1.29, 1.82) is 0 Å². The van der Waals surface area contributed by atoms with E-state index in [0.717, 1.165) is 0 Å². The highest BCUT2D eigenvalue weighted by atomic mass is 32.2. The van der Waals surface area contributed by atoms with Crippen molar-refractivity contribution in [2.75, 3.05) is 22.0 Å². The van der Waals surface area contributed by atoms with Gasteiger partial charge in [-0.2, -0.15) is 0 Å². The van der Waals surface area contributed by atoms with Crippen LogP contribution >= 0.6 is 0 Å². The Hall–Kier alpha value is -3.07. The topological polar surface area (TPSA) is 114 Å². The number of ether oxygens (including phenoxy) is 1. The number of sulfonamides is 1. The van der Waals surface area contributed by atoms with Gasteiger partial charge in [-0.05, 0) is 62.7 Å². The predicted octanol–water partition coefficient (Wildman–Crippen LogP) is 3.50. The number of hydrogen-bond donors (Lipinski definition) is 3. The second-order valence-corrected chi connectivity index (χ2v) is 9.48. The van der Waals surface area contributed by atoms with Gasteiger partial charge in [-0.3, -0.25) is 14.3 Å². The summed E-state index contributed by atoms with van der Waals surface area (Å²) in [6, 6.07) is 9.31. The van der Waals surface area contributed by atoms with Gasteiger partial charge in [0.2, 0.25) is 11.8 Å². The number of benzene rings is 2. The number of hydrogen-bond acceptors (Lipinski definition) is 5. The first-order valence-electron chi connectivity index (χ1n) is 9.53. The monoisotopic (exact) mass is 431 g/mol. The molecule has 30 heavy (non-hydrogen) atoms. The predicted molar refractivity (Wildman–Crippen MR) is 115 cm³/mol. The number of aryl methyl sites for hydroxylation is 1. The Morgan fingerprint density at radius 2 is 1.87 bits per heavy atom. The summed E-state index contributed by atoms with van der Waals surface area (Å²) in [7, 11) is -3.88. The van der Waals surface area contributed by atoms with Crippen LogP contribution in [0, 0.1) is 12.3 Å². The maximum Gasteiger partial charge on any atom is 0.262 e. The van der Waals surface area contributed by atoms with E-state index in [4.69, 9.17) is 4.74 Å². The van der Waals surface area contributed by atoms with Crippen LogP contribution in [-0.4, -0.2) is 26.8 Å². The van der Waals surface area contributed by atoms with Crippen molar-refractivity contribution in [3.63, 3.8) is 0 Å². The second kappa shape index (κ2) is 7.98. The average Bonchev–Trinajstić information content (AvgIpc) is 2.77. The summed E-state index contributed by atoms with van der Waals surface area (Å²) in [6.45, 7) is 7.15. The number of carbonyl (C=O) groups excluding carboxylic acids is 2. The molecule has 3 rings (SSSR count). The van der Waals surface area contributed by atoms with Gasteiger partial charge >= 0.3 is 0 Å². The Morgan fingerprint density at radius 1 is 1.17 bits per heavy atom. The first kappa shape index (κ1) is 21.6. The van der Waals surface area contributed by atoms with Crippen molar-refractivity contribution in [1.82, 2.24) is 0 Å². The van der Waals surface area contributed by atoms with E-state index in [1.54, 1.807) is 52.0 Å². The molecule has 8 nitrogen and oxygen atoms in total. The van der Waals surface area contributed by atoms with Gasteiger partial charge in [0, 0.05) is 12.1 Å². The molecule has 1 aliphatic rings. The lowest BCUT2D eigenvalue weighted by Crippen LogP contribution is -2.33. The minimum Gasteiger partial charge on any atom is -0.490 e. The van der Waals surface area contributed by atoms with Crippen molar-refractivity contribution >= 4 is 38.9 Å². The van der Waals surface area contributed by atoms with E-state index in [1.807, 2.05) is 0 Å². The fraction of sp³-hybridized carbons (Fsp3) is 0.333. The van der Waals surface area contributed by atoms with Crippen LogP contribution in [0.5, 0.6) is 5.75 Å². The quantitative estimate of drug-likeness (QED) is 0.670. The molecule has 0 atom stereocenters. The van der Waals surface area contributed by atoms with E-state index in [2.05, 4.69) is 15.4 Å². The number of fused-ring (bicyclic) bond motifs is 1. The normalized spacial score (nSPS) is 15.3. The van der Waals surface area contributed by atoms with Crippen LogP contribution in [0.3, 0.4) is 0 Å². The summed E-state index contributed by atoms with van der Waals surface area (Å²) in [5.74, 6) is 0.117.